The fraction of sp³-hybridized carbons (Fsp3) is 0.611. The highest BCUT2D eigenvalue weighted by Crippen LogP contribution is 2.19. The lowest BCUT2D eigenvalue weighted by molar-refractivity contribution is 0.0690. The summed E-state index contributed by atoms with van der Waals surface area (Å²) in [5.41, 5.74) is 2.02. The largest absolute Gasteiger partial charge is 0.339 e. The van der Waals surface area contributed by atoms with Crippen LogP contribution in [0.5, 0.6) is 0 Å². The van der Waals surface area contributed by atoms with Gasteiger partial charge in [0.15, 0.2) is 0 Å². The van der Waals surface area contributed by atoms with Gasteiger partial charge in [0.2, 0.25) is 0 Å². The predicted octanol–water partition coefficient (Wildman–Crippen LogP) is 2.21. The molecular weight excluding hydrogens is 274 g/mol. The summed E-state index contributed by atoms with van der Waals surface area (Å²) in [4.78, 5) is 16.8. The van der Waals surface area contributed by atoms with Gasteiger partial charge in [0.25, 0.3) is 5.91 Å². The molecule has 122 valence electrons. The van der Waals surface area contributed by atoms with E-state index in [1.165, 1.54) is 5.56 Å². The Morgan fingerprint density at radius 3 is 2.68 bits per heavy atom. The van der Waals surface area contributed by atoms with E-state index >= 15 is 0 Å². The number of carbonyl (C=O) groups is 1. The quantitative estimate of drug-likeness (QED) is 0.875. The van der Waals surface area contributed by atoms with Crippen LogP contribution in [0.15, 0.2) is 24.3 Å². The molecular formula is C18H29N3O. The molecule has 0 saturated carbocycles. The third-order valence-electron chi connectivity index (χ3n) is 4.26. The molecule has 1 heterocycles. The molecule has 0 bridgehead atoms. The number of benzene rings is 1. The molecule has 0 aromatic heterocycles. The smallest absolute Gasteiger partial charge is 0.253 e. The van der Waals surface area contributed by atoms with E-state index in [1.54, 1.807) is 0 Å². The average molecular weight is 303 g/mol. The Kier molecular flexibility index (Phi) is 6.40. The molecule has 1 fully saturated rings. The van der Waals surface area contributed by atoms with Crippen molar-refractivity contribution < 1.29 is 4.79 Å². The van der Waals surface area contributed by atoms with Crippen LogP contribution in [0.1, 0.15) is 35.7 Å². The zero-order chi connectivity index (χ0) is 15.9. The SMILES string of the molecule is CCNCC1CCN(C(=O)c2cccc(CN(C)C)c2)CC1. The maximum atomic E-state index is 12.7. The molecule has 0 aliphatic carbocycles. The summed E-state index contributed by atoms with van der Waals surface area (Å²) in [5, 5.41) is 3.41. The van der Waals surface area contributed by atoms with Crippen LogP contribution in [0.2, 0.25) is 0 Å². The molecule has 0 unspecified atom stereocenters. The van der Waals surface area contributed by atoms with E-state index in [9.17, 15) is 4.79 Å². The summed E-state index contributed by atoms with van der Waals surface area (Å²) in [6, 6.07) is 8.04. The van der Waals surface area contributed by atoms with Crippen molar-refractivity contribution in [2.24, 2.45) is 5.92 Å². The molecule has 1 aliphatic rings. The van der Waals surface area contributed by atoms with E-state index in [1.807, 2.05) is 37.2 Å². The summed E-state index contributed by atoms with van der Waals surface area (Å²) < 4.78 is 0. The Balaban J connectivity index is 1.92. The number of hydrogen-bond donors (Lipinski definition) is 1. The number of likely N-dealkylation sites (tertiary alicyclic amines) is 1. The lowest BCUT2D eigenvalue weighted by Crippen LogP contribution is -2.40. The summed E-state index contributed by atoms with van der Waals surface area (Å²) in [5.74, 6) is 0.895. The van der Waals surface area contributed by atoms with Crippen molar-refractivity contribution in [2.45, 2.75) is 26.3 Å². The highest BCUT2D eigenvalue weighted by atomic mass is 16.2. The Labute approximate surface area is 134 Å². The van der Waals surface area contributed by atoms with Crippen molar-refractivity contribution in [2.75, 3.05) is 40.3 Å². The van der Waals surface area contributed by atoms with Crippen LogP contribution in [0.25, 0.3) is 0 Å². The summed E-state index contributed by atoms with van der Waals surface area (Å²) >= 11 is 0. The molecule has 1 N–H and O–H groups in total. The van der Waals surface area contributed by atoms with Crippen LogP contribution >= 0.6 is 0 Å². The predicted molar refractivity (Wildman–Crippen MR) is 91.0 cm³/mol. The molecule has 1 aliphatic heterocycles. The summed E-state index contributed by atoms with van der Waals surface area (Å²) in [7, 11) is 4.09. The van der Waals surface area contributed by atoms with Crippen LogP contribution in [0.4, 0.5) is 0 Å². The van der Waals surface area contributed by atoms with Gasteiger partial charge in [-0.25, -0.2) is 0 Å². The van der Waals surface area contributed by atoms with E-state index in [-0.39, 0.29) is 5.91 Å². The first-order chi connectivity index (χ1) is 10.6. The molecule has 0 radical (unpaired) electrons. The molecule has 0 atom stereocenters. The number of amides is 1. The lowest BCUT2D eigenvalue weighted by atomic mass is 9.96. The minimum Gasteiger partial charge on any atom is -0.339 e. The second-order valence-corrected chi connectivity index (χ2v) is 6.48. The fourth-order valence-corrected chi connectivity index (χ4v) is 3.04. The Hall–Kier alpha value is -1.39. The molecule has 1 aromatic rings. The van der Waals surface area contributed by atoms with Crippen LogP contribution < -0.4 is 5.32 Å². The van der Waals surface area contributed by atoms with Crippen molar-refractivity contribution in [1.29, 1.82) is 0 Å². The van der Waals surface area contributed by atoms with Gasteiger partial charge in [-0.15, -0.1) is 0 Å². The molecule has 2 rings (SSSR count). The van der Waals surface area contributed by atoms with Gasteiger partial charge in [0, 0.05) is 25.2 Å². The molecule has 1 amide bonds. The van der Waals surface area contributed by atoms with Gasteiger partial charge in [-0.2, -0.15) is 0 Å². The van der Waals surface area contributed by atoms with Crippen LogP contribution in [0, 0.1) is 5.92 Å². The molecule has 4 nitrogen and oxygen atoms in total. The zero-order valence-electron chi connectivity index (χ0n) is 14.1. The first-order valence-corrected chi connectivity index (χ1v) is 8.33. The first-order valence-electron chi connectivity index (χ1n) is 8.33. The third-order valence-corrected chi connectivity index (χ3v) is 4.26. The van der Waals surface area contributed by atoms with E-state index in [4.69, 9.17) is 0 Å². The van der Waals surface area contributed by atoms with E-state index < -0.39 is 0 Å². The van der Waals surface area contributed by atoms with Gasteiger partial charge in [-0.1, -0.05) is 19.1 Å². The minimum atomic E-state index is 0.183. The number of hydrogen-bond acceptors (Lipinski definition) is 3. The average Bonchev–Trinajstić information content (AvgIpc) is 2.52. The topological polar surface area (TPSA) is 35.6 Å². The van der Waals surface area contributed by atoms with Crippen LogP contribution in [-0.2, 0) is 6.54 Å². The molecule has 0 spiro atoms. The van der Waals surface area contributed by atoms with Crippen molar-refractivity contribution >= 4 is 5.91 Å². The fourth-order valence-electron chi connectivity index (χ4n) is 3.04. The Morgan fingerprint density at radius 1 is 1.32 bits per heavy atom. The maximum absolute atomic E-state index is 12.7. The van der Waals surface area contributed by atoms with E-state index in [0.717, 1.165) is 51.1 Å². The molecule has 1 aromatic carbocycles. The monoisotopic (exact) mass is 303 g/mol. The molecule has 1 saturated heterocycles. The van der Waals surface area contributed by atoms with Crippen molar-refractivity contribution in [3.8, 4) is 0 Å². The van der Waals surface area contributed by atoms with Gasteiger partial charge < -0.3 is 15.1 Å². The highest BCUT2D eigenvalue weighted by Gasteiger charge is 2.23. The number of nitrogens with one attached hydrogen (secondary N) is 1. The highest BCUT2D eigenvalue weighted by molar-refractivity contribution is 5.94. The first kappa shape index (κ1) is 17.0. The van der Waals surface area contributed by atoms with Gasteiger partial charge in [0.1, 0.15) is 0 Å². The number of carbonyl (C=O) groups excluding carboxylic acids is 1. The standard InChI is InChI=1S/C18H29N3O/c1-4-19-13-15-8-10-21(11-9-15)18(22)17-7-5-6-16(12-17)14-20(2)3/h5-7,12,15,19H,4,8-11,13-14H2,1-3H3. The third kappa shape index (κ3) is 4.82. The second kappa shape index (κ2) is 8.30. The van der Waals surface area contributed by atoms with Gasteiger partial charge in [-0.05, 0) is 63.6 Å². The van der Waals surface area contributed by atoms with Crippen molar-refractivity contribution in [3.05, 3.63) is 35.4 Å². The van der Waals surface area contributed by atoms with Crippen molar-refractivity contribution in [3.63, 3.8) is 0 Å². The van der Waals surface area contributed by atoms with Gasteiger partial charge in [-0.3, -0.25) is 4.79 Å². The Bertz CT molecular complexity index is 479. The molecule has 22 heavy (non-hydrogen) atoms. The number of nitrogens with zero attached hydrogens (tertiary/aromatic N) is 2. The van der Waals surface area contributed by atoms with E-state index in [2.05, 4.69) is 23.2 Å². The van der Waals surface area contributed by atoms with E-state index in [0.29, 0.717) is 5.92 Å². The maximum Gasteiger partial charge on any atom is 0.253 e. The Morgan fingerprint density at radius 2 is 2.05 bits per heavy atom. The van der Waals surface area contributed by atoms with Crippen LogP contribution in [0.3, 0.4) is 0 Å². The van der Waals surface area contributed by atoms with Gasteiger partial charge in [0.05, 0.1) is 0 Å². The molecule has 4 heteroatoms. The van der Waals surface area contributed by atoms with Crippen molar-refractivity contribution in [1.82, 2.24) is 15.1 Å². The van der Waals surface area contributed by atoms with Crippen LogP contribution in [-0.4, -0.2) is 56.0 Å². The minimum absolute atomic E-state index is 0.183. The second-order valence-electron chi connectivity index (χ2n) is 6.48. The van der Waals surface area contributed by atoms with Gasteiger partial charge >= 0.3 is 0 Å². The summed E-state index contributed by atoms with van der Waals surface area (Å²) in [6.07, 6.45) is 2.21. The summed E-state index contributed by atoms with van der Waals surface area (Å²) in [6.45, 7) is 6.87. The number of rotatable bonds is 6. The normalized spacial score (nSPS) is 16.3. The number of piperidine rings is 1. The lowest BCUT2D eigenvalue weighted by Gasteiger charge is -2.32. The zero-order valence-corrected chi connectivity index (χ0v) is 14.1.